The largest absolute Gasteiger partial charge is 0.450 e. The SMILES string of the molecule is CCOC(=O)N1CCC(=NNc2ccc(C(F)(F)F)cc2[N+](=O)[O-])CC1. The Bertz CT molecular complexity index is 711. The lowest BCUT2D eigenvalue weighted by atomic mass is 10.1. The Morgan fingerprint density at radius 3 is 2.58 bits per heavy atom. The summed E-state index contributed by atoms with van der Waals surface area (Å²) in [4.78, 5) is 23.2. The standard InChI is InChI=1S/C15H17F3N4O4/c1-2-26-14(23)21-7-5-11(6-8-21)19-20-12-4-3-10(15(16,17)18)9-13(12)22(24)25/h3-4,9,20H,2,5-8H2,1H3. The smallest absolute Gasteiger partial charge is 0.416 e. The average Bonchev–Trinajstić information content (AvgIpc) is 2.59. The van der Waals surface area contributed by atoms with Gasteiger partial charge >= 0.3 is 12.3 Å². The molecule has 1 fully saturated rings. The average molecular weight is 374 g/mol. The number of nitro benzene ring substituents is 1. The summed E-state index contributed by atoms with van der Waals surface area (Å²) >= 11 is 0. The summed E-state index contributed by atoms with van der Waals surface area (Å²) in [7, 11) is 0. The molecule has 1 heterocycles. The van der Waals surface area contributed by atoms with Crippen molar-refractivity contribution in [3.05, 3.63) is 33.9 Å². The summed E-state index contributed by atoms with van der Waals surface area (Å²) < 4.78 is 42.9. The second-order valence-corrected chi connectivity index (χ2v) is 5.46. The number of anilines is 1. The first-order valence-corrected chi connectivity index (χ1v) is 7.81. The molecule has 0 radical (unpaired) electrons. The van der Waals surface area contributed by atoms with E-state index in [2.05, 4.69) is 10.5 Å². The fraction of sp³-hybridized carbons (Fsp3) is 0.467. The minimum absolute atomic E-state index is 0.136. The number of halogens is 3. The van der Waals surface area contributed by atoms with E-state index in [1.165, 1.54) is 4.90 Å². The minimum atomic E-state index is -4.67. The van der Waals surface area contributed by atoms with Crippen LogP contribution >= 0.6 is 0 Å². The maximum absolute atomic E-state index is 12.7. The zero-order chi connectivity index (χ0) is 19.3. The van der Waals surface area contributed by atoms with Gasteiger partial charge < -0.3 is 9.64 Å². The number of piperidine rings is 1. The van der Waals surface area contributed by atoms with Gasteiger partial charge in [-0.1, -0.05) is 0 Å². The Balaban J connectivity index is 2.06. The number of alkyl halides is 3. The van der Waals surface area contributed by atoms with Crippen molar-refractivity contribution < 1.29 is 27.6 Å². The minimum Gasteiger partial charge on any atom is -0.450 e. The van der Waals surface area contributed by atoms with Crippen molar-refractivity contribution in [2.75, 3.05) is 25.1 Å². The molecule has 0 atom stereocenters. The highest BCUT2D eigenvalue weighted by molar-refractivity contribution is 5.87. The van der Waals surface area contributed by atoms with Gasteiger partial charge in [0.25, 0.3) is 5.69 Å². The highest BCUT2D eigenvalue weighted by atomic mass is 19.4. The monoisotopic (exact) mass is 374 g/mol. The van der Waals surface area contributed by atoms with E-state index in [1.54, 1.807) is 6.92 Å². The molecule has 1 aliphatic rings. The maximum Gasteiger partial charge on any atom is 0.416 e. The first kappa shape index (κ1) is 19.5. The molecule has 0 bridgehead atoms. The molecule has 142 valence electrons. The number of carbonyl (C=O) groups excluding carboxylic acids is 1. The molecule has 8 nitrogen and oxygen atoms in total. The van der Waals surface area contributed by atoms with Crippen LogP contribution in [0.5, 0.6) is 0 Å². The lowest BCUT2D eigenvalue weighted by Gasteiger charge is -2.26. The second kappa shape index (κ2) is 8.02. The Morgan fingerprint density at radius 2 is 2.04 bits per heavy atom. The molecule has 2 rings (SSSR count). The molecule has 1 aliphatic heterocycles. The zero-order valence-electron chi connectivity index (χ0n) is 13.9. The number of hydrogen-bond donors (Lipinski definition) is 1. The molecule has 26 heavy (non-hydrogen) atoms. The number of hydrogen-bond acceptors (Lipinski definition) is 6. The van der Waals surface area contributed by atoms with Gasteiger partial charge in [0, 0.05) is 37.7 Å². The van der Waals surface area contributed by atoms with Crippen LogP contribution < -0.4 is 5.43 Å². The summed E-state index contributed by atoms with van der Waals surface area (Å²) in [6.07, 6.45) is -4.23. The number of likely N-dealkylation sites (tertiary alicyclic amines) is 1. The van der Waals surface area contributed by atoms with Crippen molar-refractivity contribution in [2.24, 2.45) is 5.10 Å². The van der Waals surface area contributed by atoms with Gasteiger partial charge in [0.05, 0.1) is 17.1 Å². The number of hydrazone groups is 1. The van der Waals surface area contributed by atoms with Gasteiger partial charge in [0.1, 0.15) is 5.69 Å². The van der Waals surface area contributed by atoms with E-state index in [4.69, 9.17) is 4.74 Å². The van der Waals surface area contributed by atoms with E-state index < -0.39 is 28.4 Å². The summed E-state index contributed by atoms with van der Waals surface area (Å²) in [6.45, 7) is 2.74. The van der Waals surface area contributed by atoms with E-state index in [-0.39, 0.29) is 12.3 Å². The van der Waals surface area contributed by atoms with Crippen molar-refractivity contribution in [2.45, 2.75) is 25.9 Å². The summed E-state index contributed by atoms with van der Waals surface area (Å²) in [6, 6.07) is 2.18. The van der Waals surface area contributed by atoms with Gasteiger partial charge in [-0.15, -0.1) is 0 Å². The van der Waals surface area contributed by atoms with E-state index in [0.717, 1.165) is 12.1 Å². The van der Waals surface area contributed by atoms with Gasteiger partial charge in [-0.05, 0) is 19.1 Å². The Kier molecular flexibility index (Phi) is 6.01. The van der Waals surface area contributed by atoms with Gasteiger partial charge in [-0.25, -0.2) is 4.79 Å². The van der Waals surface area contributed by atoms with E-state index >= 15 is 0 Å². The van der Waals surface area contributed by atoms with Crippen LogP contribution in [0.1, 0.15) is 25.3 Å². The molecule has 0 spiro atoms. The van der Waals surface area contributed by atoms with Crippen LogP contribution in [0.2, 0.25) is 0 Å². The van der Waals surface area contributed by atoms with Crippen molar-refractivity contribution in [3.8, 4) is 0 Å². The molecular weight excluding hydrogens is 357 g/mol. The molecule has 0 aliphatic carbocycles. The highest BCUT2D eigenvalue weighted by Crippen LogP contribution is 2.35. The molecule has 1 aromatic carbocycles. The molecular formula is C15H17F3N4O4. The number of nitro groups is 1. The number of amides is 1. The molecule has 0 saturated carbocycles. The number of benzene rings is 1. The molecule has 11 heteroatoms. The normalized spacial score (nSPS) is 14.8. The number of nitrogens with zero attached hydrogens (tertiary/aromatic N) is 3. The summed E-state index contributed by atoms with van der Waals surface area (Å²) in [5.41, 5.74) is 1.15. The molecule has 1 aromatic rings. The second-order valence-electron chi connectivity index (χ2n) is 5.46. The molecule has 0 aromatic heterocycles. The fourth-order valence-electron chi connectivity index (χ4n) is 2.37. The molecule has 0 unspecified atom stereocenters. The predicted molar refractivity (Wildman–Crippen MR) is 87.0 cm³/mol. The first-order chi connectivity index (χ1) is 12.2. The number of ether oxygens (including phenoxy) is 1. The van der Waals surface area contributed by atoms with Crippen LogP contribution in [0.4, 0.5) is 29.3 Å². The van der Waals surface area contributed by atoms with Crippen LogP contribution in [-0.4, -0.2) is 41.3 Å². The van der Waals surface area contributed by atoms with E-state index in [1.807, 2.05) is 0 Å². The van der Waals surface area contributed by atoms with Gasteiger partial charge in [0.15, 0.2) is 0 Å². The Labute approximate surface area is 146 Å². The third kappa shape index (κ3) is 4.83. The summed E-state index contributed by atoms with van der Waals surface area (Å²) in [5, 5.41) is 15.1. The quantitative estimate of drug-likeness (QED) is 0.641. The molecule has 1 N–H and O–H groups in total. The number of nitrogens with one attached hydrogen (secondary N) is 1. The van der Waals surface area contributed by atoms with Gasteiger partial charge in [-0.2, -0.15) is 18.3 Å². The Morgan fingerprint density at radius 1 is 1.38 bits per heavy atom. The third-order valence-corrected chi connectivity index (χ3v) is 3.72. The molecule has 1 amide bonds. The van der Waals surface area contributed by atoms with Crippen LogP contribution in [0.3, 0.4) is 0 Å². The Hall–Kier alpha value is -2.85. The third-order valence-electron chi connectivity index (χ3n) is 3.72. The fourth-order valence-corrected chi connectivity index (χ4v) is 2.37. The zero-order valence-corrected chi connectivity index (χ0v) is 13.9. The van der Waals surface area contributed by atoms with Gasteiger partial charge in [0.2, 0.25) is 0 Å². The van der Waals surface area contributed by atoms with E-state index in [0.29, 0.717) is 37.7 Å². The maximum atomic E-state index is 12.7. The van der Waals surface area contributed by atoms with E-state index in [9.17, 15) is 28.1 Å². The highest BCUT2D eigenvalue weighted by Gasteiger charge is 2.33. The molecule has 1 saturated heterocycles. The van der Waals surface area contributed by atoms with Crippen molar-refractivity contribution in [3.63, 3.8) is 0 Å². The van der Waals surface area contributed by atoms with Crippen LogP contribution in [-0.2, 0) is 10.9 Å². The first-order valence-electron chi connectivity index (χ1n) is 7.81. The van der Waals surface area contributed by atoms with Crippen molar-refractivity contribution in [1.29, 1.82) is 0 Å². The summed E-state index contributed by atoms with van der Waals surface area (Å²) in [5.74, 6) is 0. The number of carbonyl (C=O) groups is 1. The lowest BCUT2D eigenvalue weighted by molar-refractivity contribution is -0.384. The van der Waals surface area contributed by atoms with Gasteiger partial charge in [-0.3, -0.25) is 15.5 Å². The van der Waals surface area contributed by atoms with Crippen molar-refractivity contribution >= 4 is 23.2 Å². The lowest BCUT2D eigenvalue weighted by Crippen LogP contribution is -2.39. The number of rotatable bonds is 4. The predicted octanol–water partition coefficient (Wildman–Crippen LogP) is 3.63. The van der Waals surface area contributed by atoms with Crippen LogP contribution in [0.15, 0.2) is 23.3 Å². The van der Waals surface area contributed by atoms with Crippen LogP contribution in [0.25, 0.3) is 0 Å². The van der Waals surface area contributed by atoms with Crippen LogP contribution in [0, 0.1) is 10.1 Å². The van der Waals surface area contributed by atoms with Crippen molar-refractivity contribution in [1.82, 2.24) is 4.90 Å². The topological polar surface area (TPSA) is 97.1 Å².